The molecule has 0 saturated carbocycles. The van der Waals surface area contributed by atoms with E-state index in [2.05, 4.69) is 24.1 Å². The predicted octanol–water partition coefficient (Wildman–Crippen LogP) is 5.70. The number of ether oxygens (including phenoxy) is 3. The zero-order valence-corrected chi connectivity index (χ0v) is 21.6. The molecular weight excluding hydrogens is 480 g/mol. The van der Waals surface area contributed by atoms with Crippen molar-refractivity contribution in [3.8, 4) is 17.2 Å². The van der Waals surface area contributed by atoms with Crippen LogP contribution in [0.2, 0.25) is 0 Å². The van der Waals surface area contributed by atoms with Gasteiger partial charge in [0.15, 0.2) is 11.5 Å². The molecule has 3 rings (SSSR count). The van der Waals surface area contributed by atoms with Gasteiger partial charge in [0.25, 0.3) is 0 Å². The van der Waals surface area contributed by atoms with Crippen molar-refractivity contribution in [2.45, 2.75) is 49.1 Å². The van der Waals surface area contributed by atoms with E-state index in [0.717, 1.165) is 28.5 Å². The lowest BCUT2D eigenvalue weighted by Crippen LogP contribution is -2.17. The molecular formula is C27H30N2O6S. The van der Waals surface area contributed by atoms with Crippen molar-refractivity contribution < 1.29 is 28.9 Å². The van der Waals surface area contributed by atoms with Crippen LogP contribution in [0.3, 0.4) is 0 Å². The Morgan fingerprint density at radius 2 is 1.67 bits per heavy atom. The minimum atomic E-state index is -1.19. The summed E-state index contributed by atoms with van der Waals surface area (Å²) in [5, 5.41) is 13.0. The lowest BCUT2D eigenvalue weighted by molar-refractivity contribution is -0.115. The van der Waals surface area contributed by atoms with Crippen molar-refractivity contribution in [3.05, 3.63) is 65.9 Å². The van der Waals surface area contributed by atoms with Gasteiger partial charge in [0, 0.05) is 23.2 Å². The molecule has 0 fully saturated rings. The van der Waals surface area contributed by atoms with E-state index in [1.165, 1.54) is 38.1 Å². The highest BCUT2D eigenvalue weighted by molar-refractivity contribution is 7.99. The van der Waals surface area contributed by atoms with Crippen LogP contribution in [0.5, 0.6) is 17.2 Å². The average Bonchev–Trinajstić information content (AvgIpc) is 2.88. The summed E-state index contributed by atoms with van der Waals surface area (Å²) in [4.78, 5) is 29.7. The summed E-state index contributed by atoms with van der Waals surface area (Å²) < 4.78 is 16.3. The highest BCUT2D eigenvalue weighted by atomic mass is 32.2. The Bertz CT molecular complexity index is 1180. The standard InChI is InChI=1S/C27H30N2O6S/c1-5-18(6-2)35-19-8-10-20(11-9-19)36-26-12-7-17(16-28-26)13-25(30)29-22-15-24(34-4)23(33-3)14-21(22)27(31)32/h7-12,14-16,18H,5-6,13H2,1-4H3,(H,29,30)(H,31,32). The maximum atomic E-state index is 12.6. The first-order valence-electron chi connectivity index (χ1n) is 11.5. The molecule has 0 aliphatic heterocycles. The van der Waals surface area contributed by atoms with Gasteiger partial charge in [0.1, 0.15) is 10.8 Å². The number of nitrogens with zero attached hydrogens (tertiary/aromatic N) is 1. The number of methoxy groups -OCH3 is 2. The number of carboxylic acid groups (broad SMARTS) is 1. The second kappa shape index (κ2) is 12.8. The van der Waals surface area contributed by atoms with Gasteiger partial charge in [-0.3, -0.25) is 4.79 Å². The van der Waals surface area contributed by atoms with Gasteiger partial charge in [-0.1, -0.05) is 31.7 Å². The van der Waals surface area contributed by atoms with Crippen molar-refractivity contribution in [2.75, 3.05) is 19.5 Å². The normalized spacial score (nSPS) is 10.7. The number of carbonyl (C=O) groups excluding carboxylic acids is 1. The van der Waals surface area contributed by atoms with Crippen molar-refractivity contribution in [1.82, 2.24) is 4.98 Å². The number of nitrogens with one attached hydrogen (secondary N) is 1. The molecule has 8 nitrogen and oxygen atoms in total. The van der Waals surface area contributed by atoms with Crippen LogP contribution in [-0.4, -0.2) is 42.3 Å². The van der Waals surface area contributed by atoms with Crippen LogP contribution < -0.4 is 19.5 Å². The second-order valence-electron chi connectivity index (χ2n) is 7.92. The van der Waals surface area contributed by atoms with Crippen molar-refractivity contribution in [3.63, 3.8) is 0 Å². The molecule has 0 unspecified atom stereocenters. The van der Waals surface area contributed by atoms with E-state index in [-0.39, 0.29) is 35.4 Å². The average molecular weight is 511 g/mol. The predicted molar refractivity (Wildman–Crippen MR) is 139 cm³/mol. The number of carboxylic acids is 1. The lowest BCUT2D eigenvalue weighted by Gasteiger charge is -2.15. The summed E-state index contributed by atoms with van der Waals surface area (Å²) in [6.45, 7) is 4.22. The fourth-order valence-corrected chi connectivity index (χ4v) is 4.22. The first kappa shape index (κ1) is 26.9. The SMILES string of the molecule is CCC(CC)Oc1ccc(Sc2ccc(CC(=O)Nc3cc(OC)c(OC)cc3C(=O)O)cn2)cc1. The van der Waals surface area contributed by atoms with E-state index in [9.17, 15) is 14.7 Å². The summed E-state index contributed by atoms with van der Waals surface area (Å²) in [6.07, 6.45) is 3.83. The number of aromatic carboxylic acids is 1. The molecule has 0 bridgehead atoms. The van der Waals surface area contributed by atoms with Crippen molar-refractivity contribution >= 4 is 29.3 Å². The molecule has 0 aliphatic rings. The molecule has 9 heteroatoms. The summed E-state index contributed by atoms with van der Waals surface area (Å²) >= 11 is 1.51. The Labute approximate surface area is 215 Å². The van der Waals surface area contributed by atoms with E-state index in [1.54, 1.807) is 6.20 Å². The lowest BCUT2D eigenvalue weighted by atomic mass is 10.1. The maximum Gasteiger partial charge on any atom is 0.337 e. The third kappa shape index (κ3) is 7.14. The first-order chi connectivity index (χ1) is 17.4. The summed E-state index contributed by atoms with van der Waals surface area (Å²) in [5.41, 5.74) is 0.729. The Kier molecular flexibility index (Phi) is 9.58. The Balaban J connectivity index is 1.62. The first-order valence-corrected chi connectivity index (χ1v) is 12.4. The van der Waals surface area contributed by atoms with E-state index >= 15 is 0 Å². The zero-order chi connectivity index (χ0) is 26.1. The molecule has 2 aromatic carbocycles. The van der Waals surface area contributed by atoms with E-state index < -0.39 is 5.97 Å². The number of benzene rings is 2. The van der Waals surface area contributed by atoms with E-state index in [1.807, 2.05) is 36.4 Å². The van der Waals surface area contributed by atoms with Crippen LogP contribution in [0, 0.1) is 0 Å². The number of rotatable bonds is 12. The van der Waals surface area contributed by atoms with Gasteiger partial charge >= 0.3 is 5.97 Å². The molecule has 0 radical (unpaired) electrons. The van der Waals surface area contributed by atoms with Crippen LogP contribution in [-0.2, 0) is 11.2 Å². The van der Waals surface area contributed by atoms with Gasteiger partial charge in [0.2, 0.25) is 5.91 Å². The van der Waals surface area contributed by atoms with Crippen LogP contribution in [0.4, 0.5) is 5.69 Å². The van der Waals surface area contributed by atoms with Gasteiger partial charge in [-0.15, -0.1) is 0 Å². The molecule has 3 aromatic rings. The molecule has 0 saturated heterocycles. The third-order valence-corrected chi connectivity index (χ3v) is 6.41. The topological polar surface area (TPSA) is 107 Å². The van der Waals surface area contributed by atoms with Crippen LogP contribution >= 0.6 is 11.8 Å². The monoisotopic (exact) mass is 510 g/mol. The summed E-state index contributed by atoms with van der Waals surface area (Å²) in [5.74, 6) is -0.137. The fourth-order valence-electron chi connectivity index (χ4n) is 3.47. The van der Waals surface area contributed by atoms with E-state index in [0.29, 0.717) is 11.3 Å². The number of aromatic nitrogens is 1. The number of carbonyl (C=O) groups is 2. The molecule has 190 valence electrons. The minimum absolute atomic E-state index is 0.0351. The van der Waals surface area contributed by atoms with Crippen LogP contribution in [0.25, 0.3) is 0 Å². The number of amides is 1. The number of pyridine rings is 1. The zero-order valence-electron chi connectivity index (χ0n) is 20.7. The minimum Gasteiger partial charge on any atom is -0.493 e. The fraction of sp³-hybridized carbons (Fsp3) is 0.296. The molecule has 36 heavy (non-hydrogen) atoms. The maximum absolute atomic E-state index is 12.6. The molecule has 1 aromatic heterocycles. The van der Waals surface area contributed by atoms with Gasteiger partial charge in [-0.05, 0) is 48.7 Å². The van der Waals surface area contributed by atoms with E-state index in [4.69, 9.17) is 14.2 Å². The Hall–Kier alpha value is -3.72. The highest BCUT2D eigenvalue weighted by Crippen LogP contribution is 2.33. The second-order valence-corrected chi connectivity index (χ2v) is 9.01. The third-order valence-electron chi connectivity index (χ3n) is 5.45. The van der Waals surface area contributed by atoms with Crippen molar-refractivity contribution in [1.29, 1.82) is 0 Å². The van der Waals surface area contributed by atoms with Gasteiger partial charge < -0.3 is 24.6 Å². The largest absolute Gasteiger partial charge is 0.493 e. The van der Waals surface area contributed by atoms with Crippen molar-refractivity contribution in [2.24, 2.45) is 0 Å². The highest BCUT2D eigenvalue weighted by Gasteiger charge is 2.18. The molecule has 2 N–H and O–H groups in total. The molecule has 1 amide bonds. The van der Waals surface area contributed by atoms with Gasteiger partial charge in [-0.25, -0.2) is 9.78 Å². The van der Waals surface area contributed by atoms with Crippen LogP contribution in [0.15, 0.2) is 64.6 Å². The smallest absolute Gasteiger partial charge is 0.337 e. The Morgan fingerprint density at radius 1 is 1.00 bits per heavy atom. The molecule has 0 atom stereocenters. The quantitative estimate of drug-likeness (QED) is 0.320. The molecule has 0 spiro atoms. The molecule has 1 heterocycles. The Morgan fingerprint density at radius 3 is 2.22 bits per heavy atom. The summed E-state index contributed by atoms with van der Waals surface area (Å²) in [7, 11) is 2.85. The van der Waals surface area contributed by atoms with Gasteiger partial charge in [0.05, 0.1) is 38.0 Å². The summed E-state index contributed by atoms with van der Waals surface area (Å²) in [6, 6.07) is 14.3. The number of anilines is 1. The number of hydrogen-bond acceptors (Lipinski definition) is 7. The number of hydrogen-bond donors (Lipinski definition) is 2. The van der Waals surface area contributed by atoms with Crippen LogP contribution in [0.1, 0.15) is 42.6 Å². The molecule has 0 aliphatic carbocycles. The van der Waals surface area contributed by atoms with Gasteiger partial charge in [-0.2, -0.15) is 0 Å².